The molecule has 0 spiro atoms. The van der Waals surface area contributed by atoms with Gasteiger partial charge in [0.05, 0.1) is 16.1 Å². The van der Waals surface area contributed by atoms with Gasteiger partial charge in [-0.05, 0) is 55.1 Å². The normalized spacial score (nSPS) is 18.3. The first-order valence-corrected chi connectivity index (χ1v) is 14.8. The molecule has 8 heteroatoms. The van der Waals surface area contributed by atoms with E-state index in [9.17, 15) is 9.59 Å². The molecule has 6 nitrogen and oxygen atoms in total. The van der Waals surface area contributed by atoms with E-state index in [1.807, 2.05) is 29.2 Å². The quantitative estimate of drug-likeness (QED) is 0.242. The molecule has 1 saturated heterocycles. The van der Waals surface area contributed by atoms with Crippen molar-refractivity contribution in [2.75, 3.05) is 26.2 Å². The summed E-state index contributed by atoms with van der Waals surface area (Å²) < 4.78 is 0. The van der Waals surface area contributed by atoms with E-state index in [4.69, 9.17) is 23.2 Å². The van der Waals surface area contributed by atoms with Crippen LogP contribution in [0.2, 0.25) is 10.0 Å². The molecule has 40 heavy (non-hydrogen) atoms. The molecule has 1 aliphatic heterocycles. The second-order valence-corrected chi connectivity index (χ2v) is 11.1. The number of benzene rings is 3. The second-order valence-electron chi connectivity index (χ2n) is 10.3. The molecular weight excluding hydrogens is 543 g/mol. The molecule has 1 aliphatic rings. The smallest absolute Gasteiger partial charge is 0.251 e. The van der Waals surface area contributed by atoms with Crippen molar-refractivity contribution >= 4 is 35.0 Å². The van der Waals surface area contributed by atoms with Crippen molar-refractivity contribution in [3.8, 4) is 0 Å². The lowest BCUT2D eigenvalue weighted by atomic mass is 9.95. The highest BCUT2D eigenvalue weighted by Crippen LogP contribution is 2.24. The van der Waals surface area contributed by atoms with Crippen molar-refractivity contribution < 1.29 is 9.59 Å². The predicted octanol–water partition coefficient (Wildman–Crippen LogP) is 5.66. The molecule has 3 N–H and O–H groups in total. The highest BCUT2D eigenvalue weighted by atomic mass is 35.5. The Balaban J connectivity index is 1.41. The van der Waals surface area contributed by atoms with Gasteiger partial charge in [0.1, 0.15) is 0 Å². The standard InChI is InChI=1S/C32H38Cl2N4O2/c1-2-24(25-11-7-4-8-12-25)22-38-18-16-27(21-36-31(39)26-13-14-28(33)29(34)19-26)37-30(32(38)40)15-17-35-20-23-9-5-3-6-10-23/h3-14,19,24,27,30,35,37H,2,15-18,20-22H2,1H3,(H,36,39)/t24-,27+,30+/m1/s1. The van der Waals surface area contributed by atoms with E-state index in [1.165, 1.54) is 11.1 Å². The third-order valence-corrected chi connectivity index (χ3v) is 8.21. The monoisotopic (exact) mass is 580 g/mol. The third-order valence-electron chi connectivity index (χ3n) is 7.47. The summed E-state index contributed by atoms with van der Waals surface area (Å²) in [7, 11) is 0. The van der Waals surface area contributed by atoms with Gasteiger partial charge in [0.15, 0.2) is 0 Å². The molecular formula is C32H38Cl2N4O2. The Hall–Kier alpha value is -2.90. The lowest BCUT2D eigenvalue weighted by molar-refractivity contribution is -0.133. The van der Waals surface area contributed by atoms with E-state index in [-0.39, 0.29) is 29.8 Å². The maximum Gasteiger partial charge on any atom is 0.251 e. The minimum absolute atomic E-state index is 0.0448. The Morgan fingerprint density at radius 3 is 2.45 bits per heavy atom. The third kappa shape index (κ3) is 8.55. The molecule has 3 atom stereocenters. The number of nitrogens with zero attached hydrogens (tertiary/aromatic N) is 1. The Bertz CT molecular complexity index is 1240. The van der Waals surface area contributed by atoms with Crippen LogP contribution >= 0.6 is 23.2 Å². The van der Waals surface area contributed by atoms with Crippen molar-refractivity contribution in [2.24, 2.45) is 0 Å². The van der Waals surface area contributed by atoms with Gasteiger partial charge in [-0.3, -0.25) is 9.59 Å². The van der Waals surface area contributed by atoms with E-state index in [0.29, 0.717) is 48.2 Å². The Kier molecular flexibility index (Phi) is 11.4. The summed E-state index contributed by atoms with van der Waals surface area (Å²) >= 11 is 12.1. The zero-order valence-corrected chi connectivity index (χ0v) is 24.4. The van der Waals surface area contributed by atoms with E-state index in [1.54, 1.807) is 18.2 Å². The van der Waals surface area contributed by atoms with Gasteiger partial charge in [-0.15, -0.1) is 0 Å². The zero-order valence-electron chi connectivity index (χ0n) is 22.9. The molecule has 1 heterocycles. The summed E-state index contributed by atoms with van der Waals surface area (Å²) in [4.78, 5) is 28.6. The van der Waals surface area contributed by atoms with Crippen LogP contribution in [0.25, 0.3) is 0 Å². The van der Waals surface area contributed by atoms with Gasteiger partial charge < -0.3 is 20.9 Å². The lowest BCUT2D eigenvalue weighted by Crippen LogP contribution is -2.50. The van der Waals surface area contributed by atoms with Crippen LogP contribution in [0.3, 0.4) is 0 Å². The van der Waals surface area contributed by atoms with E-state index >= 15 is 0 Å². The maximum atomic E-state index is 13.8. The predicted molar refractivity (Wildman–Crippen MR) is 163 cm³/mol. The van der Waals surface area contributed by atoms with Crippen LogP contribution < -0.4 is 16.0 Å². The molecule has 0 bridgehead atoms. The first kappa shape index (κ1) is 30.1. The average molecular weight is 582 g/mol. The fraction of sp³-hybridized carbons (Fsp3) is 0.375. The van der Waals surface area contributed by atoms with Crippen molar-refractivity contribution in [2.45, 2.75) is 50.7 Å². The van der Waals surface area contributed by atoms with Crippen molar-refractivity contribution in [1.82, 2.24) is 20.9 Å². The van der Waals surface area contributed by atoms with Crippen LogP contribution in [0.4, 0.5) is 0 Å². The summed E-state index contributed by atoms with van der Waals surface area (Å²) in [5.74, 6) is 0.172. The summed E-state index contributed by atoms with van der Waals surface area (Å²) in [6.07, 6.45) is 2.35. The minimum Gasteiger partial charge on any atom is -0.350 e. The minimum atomic E-state index is -0.342. The molecule has 1 fully saturated rings. The second kappa shape index (κ2) is 15.2. The highest BCUT2D eigenvalue weighted by Gasteiger charge is 2.32. The molecule has 0 unspecified atom stereocenters. The van der Waals surface area contributed by atoms with Gasteiger partial charge in [0.2, 0.25) is 5.91 Å². The van der Waals surface area contributed by atoms with Crippen LogP contribution in [-0.4, -0.2) is 55.0 Å². The Labute approximate surface area is 247 Å². The molecule has 0 radical (unpaired) electrons. The summed E-state index contributed by atoms with van der Waals surface area (Å²) in [5.41, 5.74) is 2.92. The van der Waals surface area contributed by atoms with Crippen molar-refractivity contribution in [3.05, 3.63) is 106 Å². The summed E-state index contributed by atoms with van der Waals surface area (Å²) in [5, 5.41) is 10.8. The Morgan fingerprint density at radius 1 is 1.02 bits per heavy atom. The van der Waals surface area contributed by atoms with Crippen LogP contribution in [-0.2, 0) is 11.3 Å². The number of carbonyl (C=O) groups excluding carboxylic acids is 2. The van der Waals surface area contributed by atoms with E-state index in [0.717, 1.165) is 19.4 Å². The topological polar surface area (TPSA) is 73.5 Å². The number of nitrogens with one attached hydrogen (secondary N) is 3. The van der Waals surface area contributed by atoms with Crippen LogP contribution in [0.15, 0.2) is 78.9 Å². The van der Waals surface area contributed by atoms with E-state index in [2.05, 4.69) is 59.3 Å². The number of halogens is 2. The van der Waals surface area contributed by atoms with Gasteiger partial charge in [0, 0.05) is 43.7 Å². The fourth-order valence-electron chi connectivity index (χ4n) is 5.12. The SMILES string of the molecule is CC[C@H](CN1CC[C@@H](CNC(=O)c2ccc(Cl)c(Cl)c2)N[C@@H](CCNCc2ccccc2)C1=O)c1ccccc1. The number of hydrogen-bond donors (Lipinski definition) is 3. The molecule has 3 aromatic carbocycles. The fourth-order valence-corrected chi connectivity index (χ4v) is 5.42. The van der Waals surface area contributed by atoms with Crippen molar-refractivity contribution in [3.63, 3.8) is 0 Å². The number of amides is 2. The first-order chi connectivity index (χ1) is 19.4. The van der Waals surface area contributed by atoms with Gasteiger partial charge >= 0.3 is 0 Å². The number of carbonyl (C=O) groups is 2. The van der Waals surface area contributed by atoms with Gasteiger partial charge in [-0.25, -0.2) is 0 Å². The Morgan fingerprint density at radius 2 is 1.75 bits per heavy atom. The van der Waals surface area contributed by atoms with Crippen molar-refractivity contribution in [1.29, 1.82) is 0 Å². The first-order valence-electron chi connectivity index (χ1n) is 14.0. The van der Waals surface area contributed by atoms with Crippen LogP contribution in [0.5, 0.6) is 0 Å². The van der Waals surface area contributed by atoms with Crippen LogP contribution in [0.1, 0.15) is 53.6 Å². The highest BCUT2D eigenvalue weighted by molar-refractivity contribution is 6.42. The van der Waals surface area contributed by atoms with Gasteiger partial charge in [-0.2, -0.15) is 0 Å². The molecule has 212 valence electrons. The summed E-state index contributed by atoms with van der Waals surface area (Å²) in [6.45, 7) is 5.34. The molecule has 0 saturated carbocycles. The maximum absolute atomic E-state index is 13.8. The molecule has 3 aromatic rings. The number of hydrogen-bond acceptors (Lipinski definition) is 4. The molecule has 0 aromatic heterocycles. The van der Waals surface area contributed by atoms with Gasteiger partial charge in [-0.1, -0.05) is 90.8 Å². The number of rotatable bonds is 12. The lowest BCUT2D eigenvalue weighted by Gasteiger charge is -2.28. The molecule has 2 amide bonds. The molecule has 0 aliphatic carbocycles. The van der Waals surface area contributed by atoms with E-state index < -0.39 is 0 Å². The van der Waals surface area contributed by atoms with Gasteiger partial charge in [0.25, 0.3) is 5.91 Å². The summed E-state index contributed by atoms with van der Waals surface area (Å²) in [6, 6.07) is 25.1. The largest absolute Gasteiger partial charge is 0.350 e. The zero-order chi connectivity index (χ0) is 28.3. The average Bonchev–Trinajstić information content (AvgIpc) is 3.13. The molecule has 4 rings (SSSR count). The van der Waals surface area contributed by atoms with Crippen LogP contribution in [0, 0.1) is 0 Å².